The van der Waals surface area contributed by atoms with E-state index >= 15 is 0 Å². The number of hydrogen-bond donors (Lipinski definition) is 2. The second-order valence-electron chi connectivity index (χ2n) is 5.66. The topological polar surface area (TPSA) is 111 Å². The Hall–Kier alpha value is -3.00. The number of carboxylic acids is 1. The van der Waals surface area contributed by atoms with Gasteiger partial charge in [0.1, 0.15) is 5.69 Å². The van der Waals surface area contributed by atoms with Crippen LogP contribution in [0.25, 0.3) is 0 Å². The molecule has 0 saturated heterocycles. The lowest BCUT2D eigenvalue weighted by atomic mass is 9.87. The van der Waals surface area contributed by atoms with Gasteiger partial charge in [0, 0.05) is 13.2 Å². The van der Waals surface area contributed by atoms with Crippen LogP contribution in [0.2, 0.25) is 0 Å². The zero-order valence-electron chi connectivity index (χ0n) is 14.6. The fourth-order valence-electron chi connectivity index (χ4n) is 2.58. The van der Waals surface area contributed by atoms with Crippen LogP contribution in [0.1, 0.15) is 29.4 Å². The van der Waals surface area contributed by atoms with E-state index in [1.165, 1.54) is 19.2 Å². The van der Waals surface area contributed by atoms with Gasteiger partial charge in [-0.15, -0.1) is 0 Å². The summed E-state index contributed by atoms with van der Waals surface area (Å²) in [4.78, 5) is 36.4. The number of rotatable bonds is 8. The second-order valence-corrected chi connectivity index (χ2v) is 5.66. The van der Waals surface area contributed by atoms with Crippen LogP contribution in [-0.2, 0) is 21.6 Å². The highest BCUT2D eigenvalue weighted by Gasteiger charge is 2.40. The van der Waals surface area contributed by atoms with E-state index in [9.17, 15) is 19.5 Å². The number of nitrogens with zero attached hydrogens (tertiary/aromatic N) is 2. The molecule has 0 fully saturated rings. The SMILES string of the molecule is CCC(NC(=O)c1ccc(=O)n(CCOC)n1)(C(=O)O)c1ccccc1. The minimum absolute atomic E-state index is 0.0456. The third kappa shape index (κ3) is 3.97. The van der Waals surface area contributed by atoms with Crippen molar-refractivity contribution in [1.29, 1.82) is 0 Å². The van der Waals surface area contributed by atoms with Gasteiger partial charge in [0.15, 0.2) is 5.54 Å². The van der Waals surface area contributed by atoms with E-state index in [-0.39, 0.29) is 30.8 Å². The molecule has 8 nitrogen and oxygen atoms in total. The number of methoxy groups -OCH3 is 1. The molecule has 0 radical (unpaired) electrons. The van der Waals surface area contributed by atoms with Crippen LogP contribution in [0.15, 0.2) is 47.3 Å². The van der Waals surface area contributed by atoms with Crippen LogP contribution >= 0.6 is 0 Å². The summed E-state index contributed by atoms with van der Waals surface area (Å²) in [5.74, 6) is -1.85. The lowest BCUT2D eigenvalue weighted by molar-refractivity contribution is -0.145. The molecule has 26 heavy (non-hydrogen) atoms. The lowest BCUT2D eigenvalue weighted by Crippen LogP contribution is -2.51. The van der Waals surface area contributed by atoms with Gasteiger partial charge in [0.05, 0.1) is 13.2 Å². The van der Waals surface area contributed by atoms with Crippen LogP contribution in [0.3, 0.4) is 0 Å². The number of hydrogen-bond acceptors (Lipinski definition) is 5. The first-order chi connectivity index (χ1) is 12.4. The summed E-state index contributed by atoms with van der Waals surface area (Å²) in [6.07, 6.45) is 0.140. The maximum Gasteiger partial charge on any atom is 0.334 e. The smallest absolute Gasteiger partial charge is 0.334 e. The molecule has 0 aliphatic rings. The number of aliphatic carboxylic acids is 1. The highest BCUT2D eigenvalue weighted by atomic mass is 16.5. The molecule has 1 atom stereocenters. The first kappa shape index (κ1) is 19.3. The highest BCUT2D eigenvalue weighted by Crippen LogP contribution is 2.25. The maximum absolute atomic E-state index is 12.7. The van der Waals surface area contributed by atoms with E-state index in [1.54, 1.807) is 37.3 Å². The number of aromatic nitrogens is 2. The molecule has 138 valence electrons. The van der Waals surface area contributed by atoms with Gasteiger partial charge in [-0.3, -0.25) is 9.59 Å². The molecule has 8 heteroatoms. The minimum atomic E-state index is -1.59. The van der Waals surface area contributed by atoms with E-state index in [4.69, 9.17) is 4.74 Å². The molecule has 1 unspecified atom stereocenters. The molecular formula is C18H21N3O5. The number of carboxylic acid groups (broad SMARTS) is 1. The van der Waals surface area contributed by atoms with E-state index in [1.807, 2.05) is 0 Å². The van der Waals surface area contributed by atoms with Crippen LogP contribution in [0.5, 0.6) is 0 Å². The van der Waals surface area contributed by atoms with Crippen molar-refractivity contribution < 1.29 is 19.4 Å². The average molecular weight is 359 g/mol. The molecule has 0 aliphatic carbocycles. The summed E-state index contributed by atoms with van der Waals surface area (Å²) < 4.78 is 6.02. The van der Waals surface area contributed by atoms with Crippen molar-refractivity contribution in [2.75, 3.05) is 13.7 Å². The first-order valence-corrected chi connectivity index (χ1v) is 8.13. The van der Waals surface area contributed by atoms with Crippen LogP contribution < -0.4 is 10.9 Å². The summed E-state index contributed by atoms with van der Waals surface area (Å²) in [5, 5.41) is 16.3. The maximum atomic E-state index is 12.7. The zero-order valence-corrected chi connectivity index (χ0v) is 14.6. The summed E-state index contributed by atoms with van der Waals surface area (Å²) in [5.41, 5.74) is -1.55. The highest BCUT2D eigenvalue weighted by molar-refractivity contribution is 5.96. The Morgan fingerprint density at radius 3 is 2.50 bits per heavy atom. The molecule has 1 heterocycles. The standard InChI is InChI=1S/C18H21N3O5/c1-3-18(17(24)25,13-7-5-4-6-8-13)19-16(23)14-9-10-15(22)21(20-14)11-12-26-2/h4-10H,3,11-12H2,1-2H3,(H,19,23)(H,24,25). The molecule has 0 saturated carbocycles. The Balaban J connectivity index is 2.36. The number of nitrogens with one attached hydrogen (secondary N) is 1. The molecule has 1 aromatic carbocycles. The average Bonchev–Trinajstić information content (AvgIpc) is 2.65. The molecule has 1 amide bonds. The summed E-state index contributed by atoms with van der Waals surface area (Å²) >= 11 is 0. The molecule has 0 aliphatic heterocycles. The lowest BCUT2D eigenvalue weighted by Gasteiger charge is -2.29. The summed E-state index contributed by atoms with van der Waals surface area (Å²) in [6.45, 7) is 2.12. The largest absolute Gasteiger partial charge is 0.479 e. The Morgan fingerprint density at radius 2 is 1.92 bits per heavy atom. The van der Waals surface area contributed by atoms with Crippen LogP contribution in [0, 0.1) is 0 Å². The van der Waals surface area contributed by atoms with E-state index in [0.29, 0.717) is 5.56 Å². The predicted molar refractivity (Wildman–Crippen MR) is 93.9 cm³/mol. The van der Waals surface area contributed by atoms with Crippen molar-refractivity contribution in [2.45, 2.75) is 25.4 Å². The van der Waals surface area contributed by atoms with E-state index in [2.05, 4.69) is 10.4 Å². The van der Waals surface area contributed by atoms with Gasteiger partial charge < -0.3 is 15.2 Å². The molecule has 0 spiro atoms. The second kappa shape index (κ2) is 8.39. The van der Waals surface area contributed by atoms with Gasteiger partial charge >= 0.3 is 5.97 Å². The predicted octanol–water partition coefficient (Wildman–Crippen LogP) is 1.01. The number of benzene rings is 1. The zero-order chi connectivity index (χ0) is 19.2. The van der Waals surface area contributed by atoms with Crippen LogP contribution in [-0.4, -0.2) is 40.5 Å². The quantitative estimate of drug-likeness (QED) is 0.728. The summed E-state index contributed by atoms with van der Waals surface area (Å²) in [6, 6.07) is 11.0. The van der Waals surface area contributed by atoms with Crippen LogP contribution in [0.4, 0.5) is 0 Å². The van der Waals surface area contributed by atoms with Gasteiger partial charge in [-0.05, 0) is 18.1 Å². The third-order valence-corrected chi connectivity index (χ3v) is 4.10. The van der Waals surface area contributed by atoms with Gasteiger partial charge in [-0.2, -0.15) is 5.10 Å². The van der Waals surface area contributed by atoms with Crippen molar-refractivity contribution in [1.82, 2.24) is 15.1 Å². The third-order valence-electron chi connectivity index (χ3n) is 4.10. The Morgan fingerprint density at radius 1 is 1.23 bits per heavy atom. The molecule has 0 bridgehead atoms. The number of carbonyl (C=O) groups excluding carboxylic acids is 1. The van der Waals surface area contributed by atoms with Gasteiger partial charge in [-0.25, -0.2) is 9.48 Å². The Bertz CT molecular complexity index is 834. The molecule has 1 aromatic heterocycles. The summed E-state index contributed by atoms with van der Waals surface area (Å²) in [7, 11) is 1.49. The van der Waals surface area contributed by atoms with Crippen molar-refractivity contribution in [3.05, 3.63) is 64.1 Å². The van der Waals surface area contributed by atoms with E-state index < -0.39 is 17.4 Å². The molecular weight excluding hydrogens is 338 g/mol. The van der Waals surface area contributed by atoms with Crippen molar-refractivity contribution in [3.8, 4) is 0 Å². The van der Waals surface area contributed by atoms with Crippen molar-refractivity contribution >= 4 is 11.9 Å². The Labute approximate surface area is 150 Å². The van der Waals surface area contributed by atoms with Gasteiger partial charge in [0.25, 0.3) is 11.5 Å². The fraction of sp³-hybridized carbons (Fsp3) is 0.333. The monoisotopic (exact) mass is 359 g/mol. The van der Waals surface area contributed by atoms with Crippen molar-refractivity contribution in [3.63, 3.8) is 0 Å². The fourth-order valence-corrected chi connectivity index (χ4v) is 2.58. The molecule has 2 rings (SSSR count). The van der Waals surface area contributed by atoms with Gasteiger partial charge in [-0.1, -0.05) is 37.3 Å². The molecule has 2 N–H and O–H groups in total. The normalized spacial score (nSPS) is 13.0. The van der Waals surface area contributed by atoms with Gasteiger partial charge in [0.2, 0.25) is 0 Å². The number of amides is 1. The van der Waals surface area contributed by atoms with E-state index in [0.717, 1.165) is 4.68 Å². The number of carbonyl (C=O) groups is 2. The van der Waals surface area contributed by atoms with Crippen molar-refractivity contribution in [2.24, 2.45) is 0 Å². The molecule has 2 aromatic rings. The number of ether oxygens (including phenoxy) is 1. The Kier molecular flexibility index (Phi) is 6.24. The minimum Gasteiger partial charge on any atom is -0.479 e. The first-order valence-electron chi connectivity index (χ1n) is 8.13.